The summed E-state index contributed by atoms with van der Waals surface area (Å²) in [5, 5.41) is 5.48. The zero-order valence-corrected chi connectivity index (χ0v) is 12.7. The van der Waals surface area contributed by atoms with Crippen molar-refractivity contribution in [2.45, 2.75) is 0 Å². The highest BCUT2D eigenvalue weighted by Crippen LogP contribution is 2.32. The number of benzene rings is 1. The van der Waals surface area contributed by atoms with Gasteiger partial charge in [0.1, 0.15) is 0 Å². The van der Waals surface area contributed by atoms with E-state index in [0.717, 1.165) is 22.7 Å². The molecular formula is C19H14N2S. The Balaban J connectivity index is 1.69. The number of aromatic amines is 1. The summed E-state index contributed by atoms with van der Waals surface area (Å²) in [6.07, 6.45) is 4.13. The van der Waals surface area contributed by atoms with Crippen LogP contribution in [0.4, 0.5) is 5.69 Å². The third-order valence-electron chi connectivity index (χ3n) is 3.64. The molecule has 2 nitrogen and oxygen atoms in total. The number of H-pyrrole nitrogens is 1. The molecule has 3 heteroatoms. The minimum Gasteiger partial charge on any atom is -0.380 e. The number of anilines is 1. The minimum absolute atomic E-state index is 0.857. The molecule has 0 amide bonds. The van der Waals surface area contributed by atoms with E-state index in [2.05, 4.69) is 52.5 Å². The first-order chi connectivity index (χ1) is 10.9. The van der Waals surface area contributed by atoms with Gasteiger partial charge in [-0.15, -0.1) is 11.3 Å². The number of rotatable bonds is 1. The van der Waals surface area contributed by atoms with Crippen molar-refractivity contribution >= 4 is 28.7 Å². The first-order valence-corrected chi connectivity index (χ1v) is 8.04. The molecule has 0 atom stereocenters. The van der Waals surface area contributed by atoms with Crippen molar-refractivity contribution in [2.24, 2.45) is 0 Å². The van der Waals surface area contributed by atoms with E-state index >= 15 is 0 Å². The molecule has 0 saturated heterocycles. The van der Waals surface area contributed by atoms with Crippen molar-refractivity contribution < 1.29 is 0 Å². The van der Waals surface area contributed by atoms with Gasteiger partial charge in [-0.25, -0.2) is 0 Å². The van der Waals surface area contributed by atoms with Crippen LogP contribution in [0.5, 0.6) is 0 Å². The molecule has 0 saturated carbocycles. The molecule has 3 heterocycles. The molecule has 1 aliphatic rings. The molecule has 0 fully saturated rings. The molecule has 4 rings (SSSR count). The third kappa shape index (κ3) is 2.57. The highest BCUT2D eigenvalue weighted by Gasteiger charge is 2.15. The molecule has 2 N–H and O–H groups in total. The van der Waals surface area contributed by atoms with Gasteiger partial charge in [-0.05, 0) is 53.4 Å². The summed E-state index contributed by atoms with van der Waals surface area (Å²) in [5.41, 5.74) is 5.89. The highest BCUT2D eigenvalue weighted by atomic mass is 32.1. The van der Waals surface area contributed by atoms with E-state index in [9.17, 15) is 0 Å². The van der Waals surface area contributed by atoms with E-state index < -0.39 is 0 Å². The molecule has 0 bridgehead atoms. The number of fused-ring (bicyclic) bond motifs is 1. The average molecular weight is 302 g/mol. The van der Waals surface area contributed by atoms with E-state index in [1.807, 2.05) is 29.8 Å². The lowest BCUT2D eigenvalue weighted by molar-refractivity contribution is 1.37. The van der Waals surface area contributed by atoms with Crippen LogP contribution >= 0.6 is 11.3 Å². The molecule has 2 aromatic heterocycles. The Bertz CT molecular complexity index is 875. The molecule has 3 aromatic rings. The van der Waals surface area contributed by atoms with Crippen LogP contribution in [0.25, 0.3) is 11.6 Å². The van der Waals surface area contributed by atoms with Gasteiger partial charge in [-0.1, -0.05) is 17.9 Å². The molecule has 0 radical (unpaired) electrons. The zero-order valence-electron chi connectivity index (χ0n) is 11.9. The largest absolute Gasteiger partial charge is 0.380 e. The Morgan fingerprint density at radius 2 is 2.09 bits per heavy atom. The van der Waals surface area contributed by atoms with Gasteiger partial charge in [0, 0.05) is 35.2 Å². The van der Waals surface area contributed by atoms with Crippen LogP contribution in [0.1, 0.15) is 21.7 Å². The first kappa shape index (κ1) is 13.0. The quantitative estimate of drug-likeness (QED) is 0.639. The fourth-order valence-electron chi connectivity index (χ4n) is 2.56. The number of aromatic nitrogens is 1. The molecule has 0 unspecified atom stereocenters. The number of thiophene rings is 1. The van der Waals surface area contributed by atoms with Crippen LogP contribution in [-0.4, -0.2) is 11.5 Å². The van der Waals surface area contributed by atoms with Gasteiger partial charge in [0.25, 0.3) is 0 Å². The van der Waals surface area contributed by atoms with Gasteiger partial charge >= 0.3 is 0 Å². The summed E-state index contributed by atoms with van der Waals surface area (Å²) in [4.78, 5) is 4.32. The van der Waals surface area contributed by atoms with Crippen LogP contribution in [0.3, 0.4) is 0 Å². The summed E-state index contributed by atoms with van der Waals surface area (Å²) in [6, 6.07) is 14.5. The maximum atomic E-state index is 3.43. The van der Waals surface area contributed by atoms with E-state index in [1.54, 1.807) is 11.3 Å². The summed E-state index contributed by atoms with van der Waals surface area (Å²) >= 11 is 1.67. The average Bonchev–Trinajstić information content (AvgIpc) is 3.28. The van der Waals surface area contributed by atoms with E-state index in [-0.39, 0.29) is 0 Å². The molecule has 1 aromatic carbocycles. The second kappa shape index (κ2) is 5.59. The lowest BCUT2D eigenvalue weighted by Crippen LogP contribution is -1.91. The van der Waals surface area contributed by atoms with Crippen molar-refractivity contribution in [1.29, 1.82) is 0 Å². The van der Waals surface area contributed by atoms with Gasteiger partial charge in [-0.2, -0.15) is 0 Å². The summed E-state index contributed by atoms with van der Waals surface area (Å²) < 4.78 is 0. The summed E-state index contributed by atoms with van der Waals surface area (Å²) in [5.74, 6) is 6.47. The highest BCUT2D eigenvalue weighted by molar-refractivity contribution is 7.10. The third-order valence-corrected chi connectivity index (χ3v) is 4.42. The second-order valence-corrected chi connectivity index (χ2v) is 6.08. The molecule has 106 valence electrons. The summed E-state index contributed by atoms with van der Waals surface area (Å²) in [6.45, 7) is 0.857. The lowest BCUT2D eigenvalue weighted by Gasteiger charge is -2.00. The SMILES string of the molecule is C(#Cc1cccs1)c1ccc2c(c1)/C(=C/c1ccc[nH]1)CN2. The summed E-state index contributed by atoms with van der Waals surface area (Å²) in [7, 11) is 0. The van der Waals surface area contributed by atoms with Gasteiger partial charge in [0.05, 0.1) is 4.88 Å². The van der Waals surface area contributed by atoms with E-state index in [1.165, 1.54) is 16.8 Å². The van der Waals surface area contributed by atoms with Crippen LogP contribution < -0.4 is 5.32 Å². The maximum Gasteiger partial charge on any atom is 0.0772 e. The molecular weight excluding hydrogens is 288 g/mol. The topological polar surface area (TPSA) is 27.8 Å². The molecule has 22 heavy (non-hydrogen) atoms. The first-order valence-electron chi connectivity index (χ1n) is 7.16. The fraction of sp³-hybridized carbons (Fsp3) is 0.0526. The fourth-order valence-corrected chi connectivity index (χ4v) is 3.13. The lowest BCUT2D eigenvalue weighted by atomic mass is 10.0. The predicted octanol–water partition coefficient (Wildman–Crippen LogP) is 4.44. The van der Waals surface area contributed by atoms with Gasteiger partial charge in [0.15, 0.2) is 0 Å². The van der Waals surface area contributed by atoms with Crippen molar-refractivity contribution in [3.63, 3.8) is 0 Å². The number of hydrogen-bond acceptors (Lipinski definition) is 2. The Hall–Kier alpha value is -2.70. The maximum absolute atomic E-state index is 3.43. The minimum atomic E-state index is 0.857. The van der Waals surface area contributed by atoms with Crippen molar-refractivity contribution in [1.82, 2.24) is 4.98 Å². The van der Waals surface area contributed by atoms with Crippen molar-refractivity contribution in [3.8, 4) is 11.8 Å². The Kier molecular flexibility index (Phi) is 3.30. The Morgan fingerprint density at radius 1 is 1.09 bits per heavy atom. The Morgan fingerprint density at radius 3 is 2.91 bits per heavy atom. The number of nitrogens with one attached hydrogen (secondary N) is 2. The number of hydrogen-bond donors (Lipinski definition) is 2. The van der Waals surface area contributed by atoms with Gasteiger partial charge in [-0.3, -0.25) is 0 Å². The van der Waals surface area contributed by atoms with Gasteiger partial charge < -0.3 is 10.3 Å². The van der Waals surface area contributed by atoms with E-state index in [4.69, 9.17) is 0 Å². The van der Waals surface area contributed by atoms with Crippen LogP contribution in [0.15, 0.2) is 54.0 Å². The van der Waals surface area contributed by atoms with Crippen molar-refractivity contribution in [2.75, 3.05) is 11.9 Å². The van der Waals surface area contributed by atoms with Crippen LogP contribution in [0.2, 0.25) is 0 Å². The van der Waals surface area contributed by atoms with Crippen LogP contribution in [-0.2, 0) is 0 Å². The molecule has 0 aliphatic carbocycles. The zero-order chi connectivity index (χ0) is 14.8. The smallest absolute Gasteiger partial charge is 0.0772 e. The van der Waals surface area contributed by atoms with Gasteiger partial charge in [0.2, 0.25) is 0 Å². The normalized spacial score (nSPS) is 14.3. The molecule has 0 spiro atoms. The standard InChI is InChI=1S/C19H14N2S/c1-3-16(20-9-1)12-15-13-21-19-8-6-14(11-18(15)19)5-7-17-4-2-10-22-17/h1-4,6,8-12,20-21H,13H2/b15-12+. The van der Waals surface area contributed by atoms with Crippen LogP contribution in [0, 0.1) is 11.8 Å². The monoisotopic (exact) mass is 302 g/mol. The van der Waals surface area contributed by atoms with E-state index in [0.29, 0.717) is 0 Å². The van der Waals surface area contributed by atoms with Crippen molar-refractivity contribution in [3.05, 3.63) is 75.7 Å². The Labute approximate surface area is 133 Å². The second-order valence-electron chi connectivity index (χ2n) is 5.14. The molecule has 1 aliphatic heterocycles. The predicted molar refractivity (Wildman–Crippen MR) is 93.9 cm³/mol.